The van der Waals surface area contributed by atoms with Crippen LogP contribution in [-0.2, 0) is 19.6 Å². The van der Waals surface area contributed by atoms with Crippen molar-refractivity contribution in [2.24, 2.45) is 5.92 Å². The molecular formula is C17H24N2O5S. The molecule has 25 heavy (non-hydrogen) atoms. The molecule has 8 heteroatoms. The Morgan fingerprint density at radius 2 is 2.04 bits per heavy atom. The highest BCUT2D eigenvalue weighted by molar-refractivity contribution is 7.89. The van der Waals surface area contributed by atoms with E-state index in [1.54, 1.807) is 25.3 Å². The predicted octanol–water partition coefficient (Wildman–Crippen LogP) is 0.954. The van der Waals surface area contributed by atoms with Crippen molar-refractivity contribution < 1.29 is 22.7 Å². The SMILES string of the molecule is COc1ccc(S(=O)(=O)N2C[C@H]3COC[C@@H](C2)C(=O)N3)cc1C(C)C. The number of nitrogens with one attached hydrogen (secondary N) is 1. The first-order valence-electron chi connectivity index (χ1n) is 8.39. The fraction of sp³-hybridized carbons (Fsp3) is 0.588. The van der Waals surface area contributed by atoms with Gasteiger partial charge in [0.15, 0.2) is 0 Å². The largest absolute Gasteiger partial charge is 0.496 e. The number of hydrogen-bond acceptors (Lipinski definition) is 5. The van der Waals surface area contributed by atoms with Crippen LogP contribution in [0.15, 0.2) is 23.1 Å². The van der Waals surface area contributed by atoms with Gasteiger partial charge in [-0.05, 0) is 29.7 Å². The van der Waals surface area contributed by atoms with Gasteiger partial charge in [-0.2, -0.15) is 4.31 Å². The van der Waals surface area contributed by atoms with E-state index in [2.05, 4.69) is 5.32 Å². The minimum atomic E-state index is -3.70. The lowest BCUT2D eigenvalue weighted by molar-refractivity contribution is -0.125. The highest BCUT2D eigenvalue weighted by atomic mass is 32.2. The lowest BCUT2D eigenvalue weighted by Gasteiger charge is -2.27. The summed E-state index contributed by atoms with van der Waals surface area (Å²) in [5.41, 5.74) is 0.844. The van der Waals surface area contributed by atoms with Crippen LogP contribution in [0.3, 0.4) is 0 Å². The molecule has 1 amide bonds. The van der Waals surface area contributed by atoms with Gasteiger partial charge in [0.05, 0.1) is 37.2 Å². The van der Waals surface area contributed by atoms with E-state index in [0.717, 1.165) is 5.56 Å². The zero-order valence-electron chi connectivity index (χ0n) is 14.7. The van der Waals surface area contributed by atoms with E-state index in [4.69, 9.17) is 9.47 Å². The first-order valence-corrected chi connectivity index (χ1v) is 9.83. The summed E-state index contributed by atoms with van der Waals surface area (Å²) < 4.78 is 38.5. The summed E-state index contributed by atoms with van der Waals surface area (Å²) in [4.78, 5) is 12.3. The molecule has 0 aliphatic carbocycles. The normalized spacial score (nSPS) is 24.7. The monoisotopic (exact) mass is 368 g/mol. The number of methoxy groups -OCH3 is 1. The van der Waals surface area contributed by atoms with Gasteiger partial charge in [0.25, 0.3) is 0 Å². The number of hydrogen-bond donors (Lipinski definition) is 1. The van der Waals surface area contributed by atoms with Gasteiger partial charge in [0, 0.05) is 13.1 Å². The summed E-state index contributed by atoms with van der Waals surface area (Å²) >= 11 is 0. The van der Waals surface area contributed by atoms with Crippen molar-refractivity contribution in [3.63, 3.8) is 0 Å². The van der Waals surface area contributed by atoms with Crippen molar-refractivity contribution in [1.29, 1.82) is 0 Å². The van der Waals surface area contributed by atoms with Crippen molar-refractivity contribution in [1.82, 2.24) is 9.62 Å². The molecule has 1 N–H and O–H groups in total. The lowest BCUT2D eigenvalue weighted by Crippen LogP contribution is -2.44. The van der Waals surface area contributed by atoms with Crippen LogP contribution in [0, 0.1) is 5.92 Å². The van der Waals surface area contributed by atoms with E-state index in [1.165, 1.54) is 4.31 Å². The lowest BCUT2D eigenvalue weighted by atomic mass is 10.0. The maximum absolute atomic E-state index is 13.2. The molecule has 7 nitrogen and oxygen atoms in total. The average molecular weight is 368 g/mol. The topological polar surface area (TPSA) is 84.9 Å². The van der Waals surface area contributed by atoms with Crippen molar-refractivity contribution in [3.8, 4) is 5.75 Å². The van der Waals surface area contributed by atoms with Gasteiger partial charge in [-0.25, -0.2) is 8.42 Å². The fourth-order valence-corrected chi connectivity index (χ4v) is 4.82. The van der Waals surface area contributed by atoms with Crippen molar-refractivity contribution in [2.75, 3.05) is 33.4 Å². The number of benzene rings is 1. The van der Waals surface area contributed by atoms with Crippen molar-refractivity contribution in [2.45, 2.75) is 30.7 Å². The summed E-state index contributed by atoms with van der Waals surface area (Å²) in [7, 11) is -2.13. The van der Waals surface area contributed by atoms with Gasteiger partial charge in [0.1, 0.15) is 5.75 Å². The number of rotatable bonds is 4. The molecule has 2 fully saturated rings. The Labute approximate surface area is 148 Å². The van der Waals surface area contributed by atoms with Gasteiger partial charge >= 0.3 is 0 Å². The molecule has 2 heterocycles. The zero-order chi connectivity index (χ0) is 18.2. The molecule has 1 aromatic rings. The first kappa shape index (κ1) is 18.2. The molecule has 2 aliphatic rings. The Hall–Kier alpha value is -1.64. The second-order valence-electron chi connectivity index (χ2n) is 6.82. The molecule has 0 radical (unpaired) electrons. The third-order valence-electron chi connectivity index (χ3n) is 4.66. The highest BCUT2D eigenvalue weighted by Crippen LogP contribution is 2.31. The summed E-state index contributed by atoms with van der Waals surface area (Å²) in [6.45, 7) is 4.90. The molecule has 2 aliphatic heterocycles. The predicted molar refractivity (Wildman–Crippen MR) is 92.1 cm³/mol. The van der Waals surface area contributed by atoms with E-state index >= 15 is 0 Å². The molecular weight excluding hydrogens is 344 g/mol. The minimum absolute atomic E-state index is 0.130. The molecule has 0 unspecified atom stereocenters. The van der Waals surface area contributed by atoms with Crippen LogP contribution in [0.4, 0.5) is 0 Å². The Balaban J connectivity index is 1.96. The summed E-state index contributed by atoms with van der Waals surface area (Å²) in [6, 6.07) is 4.60. The molecule has 138 valence electrons. The van der Waals surface area contributed by atoms with E-state index in [1.807, 2.05) is 13.8 Å². The van der Waals surface area contributed by atoms with Gasteiger partial charge in [-0.1, -0.05) is 13.8 Å². The molecule has 3 rings (SSSR count). The summed E-state index contributed by atoms with van der Waals surface area (Å²) in [6.07, 6.45) is 0. The second kappa shape index (κ2) is 6.93. The van der Waals surface area contributed by atoms with Gasteiger partial charge < -0.3 is 14.8 Å². The molecule has 2 saturated heterocycles. The highest BCUT2D eigenvalue weighted by Gasteiger charge is 2.38. The van der Waals surface area contributed by atoms with Crippen LogP contribution in [0.25, 0.3) is 0 Å². The number of nitrogens with zero attached hydrogens (tertiary/aromatic N) is 1. The fourth-order valence-electron chi connectivity index (χ4n) is 3.26. The maximum Gasteiger partial charge on any atom is 0.243 e. The number of carbonyl (C=O) groups excluding carboxylic acids is 1. The number of fused-ring (bicyclic) bond motifs is 3. The smallest absolute Gasteiger partial charge is 0.243 e. The summed E-state index contributed by atoms with van der Waals surface area (Å²) in [5.74, 6) is 0.181. The Kier molecular flexibility index (Phi) is 5.04. The average Bonchev–Trinajstić information content (AvgIpc) is 2.82. The van der Waals surface area contributed by atoms with Gasteiger partial charge in [-0.3, -0.25) is 4.79 Å². The molecule has 0 spiro atoms. The maximum atomic E-state index is 13.2. The van der Waals surface area contributed by atoms with Gasteiger partial charge in [0.2, 0.25) is 15.9 Å². The van der Waals surface area contributed by atoms with Crippen LogP contribution in [0.2, 0.25) is 0 Å². The first-order chi connectivity index (χ1) is 11.8. The molecule has 0 saturated carbocycles. The zero-order valence-corrected chi connectivity index (χ0v) is 15.5. The van der Waals surface area contributed by atoms with Crippen molar-refractivity contribution >= 4 is 15.9 Å². The van der Waals surface area contributed by atoms with Crippen molar-refractivity contribution in [3.05, 3.63) is 23.8 Å². The number of sulfonamides is 1. The van der Waals surface area contributed by atoms with Crippen LogP contribution < -0.4 is 10.1 Å². The summed E-state index contributed by atoms with van der Waals surface area (Å²) in [5, 5.41) is 2.85. The van der Waals surface area contributed by atoms with E-state index in [9.17, 15) is 13.2 Å². The Bertz CT molecular complexity index is 762. The second-order valence-corrected chi connectivity index (χ2v) is 8.76. The Morgan fingerprint density at radius 3 is 2.72 bits per heavy atom. The molecule has 1 aromatic carbocycles. The number of carbonyl (C=O) groups is 1. The third-order valence-corrected chi connectivity index (χ3v) is 6.49. The molecule has 0 aromatic heterocycles. The third kappa shape index (κ3) is 3.51. The van der Waals surface area contributed by atoms with Crippen LogP contribution in [0.5, 0.6) is 5.75 Å². The van der Waals surface area contributed by atoms with Gasteiger partial charge in [-0.15, -0.1) is 0 Å². The van der Waals surface area contributed by atoms with E-state index in [0.29, 0.717) is 12.4 Å². The Morgan fingerprint density at radius 1 is 1.28 bits per heavy atom. The molecule has 2 atom stereocenters. The van der Waals surface area contributed by atoms with E-state index < -0.39 is 15.9 Å². The standard InChI is InChI=1S/C17H24N2O5S/c1-11(2)15-6-14(4-5-16(15)23-3)25(21,22)19-7-12-9-24-10-13(8-19)18-17(12)20/h4-6,11-13H,7-10H2,1-3H3,(H,18,20)/t12-,13+/m1/s1. The van der Waals surface area contributed by atoms with Crippen LogP contribution in [-0.4, -0.2) is 58.1 Å². The molecule has 2 bridgehead atoms. The quantitative estimate of drug-likeness (QED) is 0.855. The minimum Gasteiger partial charge on any atom is -0.496 e. The van der Waals surface area contributed by atoms with Crippen LogP contribution in [0.1, 0.15) is 25.3 Å². The number of ether oxygens (including phenoxy) is 2. The number of amides is 1. The van der Waals surface area contributed by atoms with E-state index in [-0.39, 0.29) is 42.5 Å². The van der Waals surface area contributed by atoms with Crippen LogP contribution >= 0.6 is 0 Å².